The van der Waals surface area contributed by atoms with Gasteiger partial charge in [0.25, 0.3) is 0 Å². The van der Waals surface area contributed by atoms with Gasteiger partial charge in [-0.05, 0) is 44.5 Å². The molecule has 0 radical (unpaired) electrons. The molecule has 1 aromatic carbocycles. The molecule has 1 N–H and O–H groups in total. The molecule has 1 aliphatic rings. The zero-order chi connectivity index (χ0) is 15.1. The van der Waals surface area contributed by atoms with E-state index in [0.717, 1.165) is 6.54 Å². The molecule has 118 valence electrons. The molecule has 0 bridgehead atoms. The Morgan fingerprint density at radius 2 is 2.05 bits per heavy atom. The summed E-state index contributed by atoms with van der Waals surface area (Å²) in [6.45, 7) is 9.32. The molecular weight excluding hydrogens is 258 g/mol. The van der Waals surface area contributed by atoms with E-state index >= 15 is 0 Å². The van der Waals surface area contributed by atoms with Gasteiger partial charge in [0.2, 0.25) is 0 Å². The highest BCUT2D eigenvalue weighted by Gasteiger charge is 2.19. The molecule has 2 rings (SSSR count). The van der Waals surface area contributed by atoms with Crippen LogP contribution in [0.4, 0.5) is 5.69 Å². The predicted molar refractivity (Wildman–Crippen MR) is 92.1 cm³/mol. The Hall–Kier alpha value is -1.06. The molecule has 0 spiro atoms. The van der Waals surface area contributed by atoms with Gasteiger partial charge in [0.15, 0.2) is 0 Å². The summed E-state index contributed by atoms with van der Waals surface area (Å²) in [6, 6.07) is 11.9. The summed E-state index contributed by atoms with van der Waals surface area (Å²) in [5.41, 5.74) is 1.32. The topological polar surface area (TPSA) is 18.5 Å². The molecule has 21 heavy (non-hydrogen) atoms. The fourth-order valence-electron chi connectivity index (χ4n) is 3.21. The van der Waals surface area contributed by atoms with E-state index in [0.29, 0.717) is 12.1 Å². The number of benzene rings is 1. The molecule has 0 aromatic heterocycles. The smallest absolute Gasteiger partial charge is 0.0363 e. The zero-order valence-electron chi connectivity index (χ0n) is 13.9. The van der Waals surface area contributed by atoms with Gasteiger partial charge in [-0.3, -0.25) is 0 Å². The minimum absolute atomic E-state index is 0.596. The fraction of sp³-hybridized carbons (Fsp3) is 0.667. The highest BCUT2D eigenvalue weighted by molar-refractivity contribution is 5.44. The second-order valence-electron chi connectivity index (χ2n) is 6.57. The largest absolute Gasteiger partial charge is 0.375 e. The van der Waals surface area contributed by atoms with Gasteiger partial charge in [0.1, 0.15) is 0 Å². The Morgan fingerprint density at radius 3 is 2.76 bits per heavy atom. The van der Waals surface area contributed by atoms with Crippen molar-refractivity contribution in [3.8, 4) is 0 Å². The van der Waals surface area contributed by atoms with Crippen molar-refractivity contribution in [2.75, 3.05) is 38.1 Å². The highest BCUT2D eigenvalue weighted by atomic mass is 15.2. The first kappa shape index (κ1) is 16.3. The lowest BCUT2D eigenvalue weighted by Crippen LogP contribution is -2.48. The summed E-state index contributed by atoms with van der Waals surface area (Å²) in [7, 11) is 2.19. The van der Waals surface area contributed by atoms with Crippen LogP contribution in [-0.4, -0.2) is 50.2 Å². The van der Waals surface area contributed by atoms with Gasteiger partial charge >= 0.3 is 0 Å². The van der Waals surface area contributed by atoms with Crippen molar-refractivity contribution in [2.24, 2.45) is 0 Å². The molecule has 1 aliphatic heterocycles. The number of para-hydroxylation sites is 1. The summed E-state index contributed by atoms with van der Waals surface area (Å²) < 4.78 is 0. The van der Waals surface area contributed by atoms with E-state index in [1.165, 1.54) is 44.6 Å². The van der Waals surface area contributed by atoms with Gasteiger partial charge in [-0.1, -0.05) is 32.0 Å². The number of piperidine rings is 1. The number of anilines is 1. The molecule has 1 unspecified atom stereocenters. The van der Waals surface area contributed by atoms with Crippen LogP contribution >= 0.6 is 0 Å². The van der Waals surface area contributed by atoms with Crippen molar-refractivity contribution in [1.82, 2.24) is 10.2 Å². The van der Waals surface area contributed by atoms with Gasteiger partial charge < -0.3 is 15.1 Å². The first-order valence-electron chi connectivity index (χ1n) is 8.39. The van der Waals surface area contributed by atoms with Crippen LogP contribution < -0.4 is 10.2 Å². The average molecular weight is 289 g/mol. The van der Waals surface area contributed by atoms with E-state index in [-0.39, 0.29) is 0 Å². The van der Waals surface area contributed by atoms with Crippen LogP contribution in [0.15, 0.2) is 30.3 Å². The maximum atomic E-state index is 3.68. The van der Waals surface area contributed by atoms with Gasteiger partial charge in [-0.25, -0.2) is 0 Å². The van der Waals surface area contributed by atoms with E-state index < -0.39 is 0 Å². The van der Waals surface area contributed by atoms with Gasteiger partial charge in [-0.15, -0.1) is 0 Å². The number of hydrogen-bond donors (Lipinski definition) is 1. The fourth-order valence-corrected chi connectivity index (χ4v) is 3.21. The summed E-state index contributed by atoms with van der Waals surface area (Å²) in [5.74, 6) is 0. The Morgan fingerprint density at radius 1 is 1.29 bits per heavy atom. The number of nitrogens with one attached hydrogen (secondary N) is 1. The van der Waals surface area contributed by atoms with E-state index in [1.54, 1.807) is 0 Å². The van der Waals surface area contributed by atoms with Crippen LogP contribution in [0.2, 0.25) is 0 Å². The van der Waals surface area contributed by atoms with Crippen LogP contribution in [0, 0.1) is 0 Å². The standard InChI is InChI=1S/C18H31N3/c1-16(2)19-17-9-7-13-21(15-17)14-8-12-20(3)18-10-5-4-6-11-18/h4-6,10-11,16-17,19H,7-9,12-15H2,1-3H3. The van der Waals surface area contributed by atoms with Crippen LogP contribution in [0.3, 0.4) is 0 Å². The number of rotatable bonds is 7. The molecule has 1 saturated heterocycles. The molecular formula is C18H31N3. The first-order chi connectivity index (χ1) is 10.1. The molecule has 1 fully saturated rings. The lowest BCUT2D eigenvalue weighted by Gasteiger charge is -2.34. The molecule has 3 heteroatoms. The molecule has 1 heterocycles. The molecule has 0 saturated carbocycles. The van der Waals surface area contributed by atoms with Gasteiger partial charge in [0.05, 0.1) is 0 Å². The Labute approximate surface area is 130 Å². The molecule has 1 atom stereocenters. The summed E-state index contributed by atoms with van der Waals surface area (Å²) in [6.07, 6.45) is 3.90. The van der Waals surface area contributed by atoms with E-state index in [1.807, 2.05) is 0 Å². The Kier molecular flexibility index (Phi) is 6.52. The summed E-state index contributed by atoms with van der Waals surface area (Å²) in [5, 5.41) is 3.68. The summed E-state index contributed by atoms with van der Waals surface area (Å²) >= 11 is 0. The van der Waals surface area contributed by atoms with Crippen molar-refractivity contribution in [3.05, 3.63) is 30.3 Å². The van der Waals surface area contributed by atoms with Crippen molar-refractivity contribution < 1.29 is 0 Å². The van der Waals surface area contributed by atoms with E-state index in [9.17, 15) is 0 Å². The van der Waals surface area contributed by atoms with Gasteiger partial charge in [0, 0.05) is 37.9 Å². The molecule has 0 aliphatic carbocycles. The average Bonchev–Trinajstić information content (AvgIpc) is 2.48. The maximum absolute atomic E-state index is 3.68. The number of nitrogens with zero attached hydrogens (tertiary/aromatic N) is 2. The second kappa shape index (κ2) is 8.40. The van der Waals surface area contributed by atoms with Crippen LogP contribution in [-0.2, 0) is 0 Å². The van der Waals surface area contributed by atoms with Crippen LogP contribution in [0.1, 0.15) is 33.1 Å². The number of hydrogen-bond acceptors (Lipinski definition) is 3. The van der Waals surface area contributed by atoms with E-state index in [4.69, 9.17) is 0 Å². The summed E-state index contributed by atoms with van der Waals surface area (Å²) in [4.78, 5) is 4.98. The van der Waals surface area contributed by atoms with Crippen molar-refractivity contribution >= 4 is 5.69 Å². The lowest BCUT2D eigenvalue weighted by molar-refractivity contribution is 0.184. The highest BCUT2D eigenvalue weighted by Crippen LogP contribution is 2.13. The Balaban J connectivity index is 1.68. The molecule has 1 aromatic rings. The van der Waals surface area contributed by atoms with Crippen molar-refractivity contribution in [2.45, 2.75) is 45.2 Å². The zero-order valence-corrected chi connectivity index (χ0v) is 13.9. The molecule has 3 nitrogen and oxygen atoms in total. The van der Waals surface area contributed by atoms with Crippen molar-refractivity contribution in [3.63, 3.8) is 0 Å². The Bertz CT molecular complexity index is 391. The second-order valence-corrected chi connectivity index (χ2v) is 6.57. The number of likely N-dealkylation sites (tertiary alicyclic amines) is 1. The van der Waals surface area contributed by atoms with Crippen molar-refractivity contribution in [1.29, 1.82) is 0 Å². The third-order valence-corrected chi connectivity index (χ3v) is 4.24. The SMILES string of the molecule is CC(C)NC1CCCN(CCCN(C)c2ccccc2)C1. The quantitative estimate of drug-likeness (QED) is 0.832. The van der Waals surface area contributed by atoms with E-state index in [2.05, 4.69) is 66.3 Å². The monoisotopic (exact) mass is 289 g/mol. The first-order valence-corrected chi connectivity index (χ1v) is 8.39. The minimum Gasteiger partial charge on any atom is -0.375 e. The normalized spacial score (nSPS) is 19.9. The minimum atomic E-state index is 0.596. The molecule has 0 amide bonds. The van der Waals surface area contributed by atoms with Crippen LogP contribution in [0.5, 0.6) is 0 Å². The lowest BCUT2D eigenvalue weighted by atomic mass is 10.0. The van der Waals surface area contributed by atoms with Crippen LogP contribution in [0.25, 0.3) is 0 Å². The van der Waals surface area contributed by atoms with Gasteiger partial charge in [-0.2, -0.15) is 0 Å². The third-order valence-electron chi connectivity index (χ3n) is 4.24. The third kappa shape index (κ3) is 5.68. The maximum Gasteiger partial charge on any atom is 0.0363 e. The predicted octanol–water partition coefficient (Wildman–Crippen LogP) is 2.98.